The van der Waals surface area contributed by atoms with Gasteiger partial charge >= 0.3 is 0 Å². The van der Waals surface area contributed by atoms with E-state index in [4.69, 9.17) is 4.98 Å². The Balaban J connectivity index is 1.89. The van der Waals surface area contributed by atoms with Gasteiger partial charge in [-0.2, -0.15) is 0 Å². The lowest BCUT2D eigenvalue weighted by Gasteiger charge is -2.09. The number of aromatic hydroxyl groups is 1. The summed E-state index contributed by atoms with van der Waals surface area (Å²) in [5, 5.41) is 9.69. The number of rotatable bonds is 3. The molecular formula is C18H14N4O. The molecule has 0 spiro atoms. The van der Waals surface area contributed by atoms with Crippen LogP contribution in [-0.2, 0) is 6.54 Å². The second-order valence-electron chi connectivity index (χ2n) is 5.28. The molecular weight excluding hydrogens is 288 g/mol. The van der Waals surface area contributed by atoms with E-state index in [0.717, 1.165) is 28.1 Å². The van der Waals surface area contributed by atoms with Crippen LogP contribution in [0.15, 0.2) is 67.1 Å². The van der Waals surface area contributed by atoms with E-state index in [0.29, 0.717) is 6.54 Å². The van der Waals surface area contributed by atoms with Gasteiger partial charge in [0.05, 0.1) is 6.54 Å². The molecule has 0 fully saturated rings. The Morgan fingerprint density at radius 1 is 1.00 bits per heavy atom. The van der Waals surface area contributed by atoms with Crippen molar-refractivity contribution in [1.82, 2.24) is 19.5 Å². The van der Waals surface area contributed by atoms with Gasteiger partial charge in [0.1, 0.15) is 17.1 Å². The quantitative estimate of drug-likeness (QED) is 0.631. The molecule has 112 valence electrons. The number of phenols is 1. The normalized spacial score (nSPS) is 11.0. The molecule has 23 heavy (non-hydrogen) atoms. The van der Waals surface area contributed by atoms with Gasteiger partial charge in [0.25, 0.3) is 0 Å². The third kappa shape index (κ3) is 2.53. The monoisotopic (exact) mass is 302 g/mol. The smallest absolute Gasteiger partial charge is 0.160 e. The number of imidazole rings is 1. The van der Waals surface area contributed by atoms with Crippen molar-refractivity contribution in [2.45, 2.75) is 6.54 Å². The number of aromatic nitrogens is 4. The summed E-state index contributed by atoms with van der Waals surface area (Å²) in [5.74, 6) is 1.07. The molecule has 0 aliphatic carbocycles. The minimum atomic E-state index is 0.253. The minimum Gasteiger partial charge on any atom is -0.508 e. The Kier molecular flexibility index (Phi) is 3.24. The van der Waals surface area contributed by atoms with Gasteiger partial charge in [-0.1, -0.05) is 12.1 Å². The van der Waals surface area contributed by atoms with Crippen molar-refractivity contribution < 1.29 is 5.11 Å². The number of benzene rings is 1. The summed E-state index contributed by atoms with van der Waals surface area (Å²) in [6.07, 6.45) is 5.29. The van der Waals surface area contributed by atoms with Crippen LogP contribution in [0.1, 0.15) is 5.56 Å². The van der Waals surface area contributed by atoms with Gasteiger partial charge in [-0.15, -0.1) is 0 Å². The Hall–Kier alpha value is -3.21. The highest BCUT2D eigenvalue weighted by Crippen LogP contribution is 2.24. The van der Waals surface area contributed by atoms with E-state index in [1.807, 2.05) is 41.0 Å². The molecule has 0 radical (unpaired) electrons. The van der Waals surface area contributed by atoms with Gasteiger partial charge in [0, 0.05) is 24.2 Å². The van der Waals surface area contributed by atoms with Gasteiger partial charge in [0.2, 0.25) is 0 Å². The summed E-state index contributed by atoms with van der Waals surface area (Å²) in [6.45, 7) is 0.576. The van der Waals surface area contributed by atoms with E-state index in [2.05, 4.69) is 9.97 Å². The standard InChI is InChI=1S/C18H14N4O/c23-15-6-1-4-13(10-15)12-22-17(14-5-2-8-19-11-14)21-16-7-3-9-20-18(16)22/h1-11,23H,12H2. The molecule has 4 rings (SSSR count). The highest BCUT2D eigenvalue weighted by molar-refractivity contribution is 5.77. The van der Waals surface area contributed by atoms with Crippen molar-refractivity contribution in [3.8, 4) is 17.1 Å². The largest absolute Gasteiger partial charge is 0.508 e. The molecule has 5 heteroatoms. The van der Waals surface area contributed by atoms with Crippen molar-refractivity contribution >= 4 is 11.2 Å². The molecule has 3 heterocycles. The van der Waals surface area contributed by atoms with Crippen LogP contribution in [-0.4, -0.2) is 24.6 Å². The van der Waals surface area contributed by atoms with Gasteiger partial charge in [-0.25, -0.2) is 9.97 Å². The lowest BCUT2D eigenvalue weighted by atomic mass is 10.2. The Morgan fingerprint density at radius 2 is 1.91 bits per heavy atom. The highest BCUT2D eigenvalue weighted by atomic mass is 16.3. The molecule has 0 saturated heterocycles. The number of pyridine rings is 2. The Bertz CT molecular complexity index is 963. The van der Waals surface area contributed by atoms with E-state index in [-0.39, 0.29) is 5.75 Å². The summed E-state index contributed by atoms with van der Waals surface area (Å²) in [5.41, 5.74) is 3.58. The number of hydrogen-bond acceptors (Lipinski definition) is 4. The van der Waals surface area contributed by atoms with E-state index in [1.54, 1.807) is 30.7 Å². The lowest BCUT2D eigenvalue weighted by Crippen LogP contribution is -2.03. The van der Waals surface area contributed by atoms with Crippen LogP contribution in [0.4, 0.5) is 0 Å². The predicted molar refractivity (Wildman–Crippen MR) is 88.0 cm³/mol. The summed E-state index contributed by atoms with van der Waals surface area (Å²) in [6, 6.07) is 14.9. The predicted octanol–water partition coefficient (Wildman–Crippen LogP) is 3.25. The van der Waals surface area contributed by atoms with Crippen molar-refractivity contribution in [1.29, 1.82) is 0 Å². The van der Waals surface area contributed by atoms with Crippen molar-refractivity contribution in [3.63, 3.8) is 0 Å². The van der Waals surface area contributed by atoms with Crippen LogP contribution >= 0.6 is 0 Å². The van der Waals surface area contributed by atoms with Crippen LogP contribution in [0.25, 0.3) is 22.6 Å². The first-order valence-corrected chi connectivity index (χ1v) is 7.31. The second kappa shape index (κ2) is 5.53. The number of fused-ring (bicyclic) bond motifs is 1. The average molecular weight is 302 g/mol. The molecule has 0 amide bonds. The Labute approximate surface area is 132 Å². The average Bonchev–Trinajstić information content (AvgIpc) is 2.95. The van der Waals surface area contributed by atoms with Crippen LogP contribution in [0, 0.1) is 0 Å². The molecule has 3 aromatic heterocycles. The van der Waals surface area contributed by atoms with Gasteiger partial charge < -0.3 is 9.67 Å². The molecule has 0 aliphatic rings. The van der Waals surface area contributed by atoms with Gasteiger partial charge in [-0.3, -0.25) is 4.98 Å². The van der Waals surface area contributed by atoms with Crippen LogP contribution < -0.4 is 0 Å². The molecule has 4 aromatic rings. The van der Waals surface area contributed by atoms with E-state index in [1.165, 1.54) is 0 Å². The fraction of sp³-hybridized carbons (Fsp3) is 0.0556. The molecule has 1 N–H and O–H groups in total. The zero-order chi connectivity index (χ0) is 15.6. The van der Waals surface area contributed by atoms with Crippen molar-refractivity contribution in [2.24, 2.45) is 0 Å². The molecule has 0 bridgehead atoms. The first-order valence-electron chi connectivity index (χ1n) is 7.31. The number of hydrogen-bond donors (Lipinski definition) is 1. The summed E-state index contributed by atoms with van der Waals surface area (Å²) >= 11 is 0. The number of phenolic OH excluding ortho intramolecular Hbond substituents is 1. The second-order valence-corrected chi connectivity index (χ2v) is 5.28. The topological polar surface area (TPSA) is 63.8 Å². The molecule has 1 aromatic carbocycles. The fourth-order valence-electron chi connectivity index (χ4n) is 2.66. The zero-order valence-corrected chi connectivity index (χ0v) is 12.3. The van der Waals surface area contributed by atoms with Gasteiger partial charge in [0.15, 0.2) is 5.65 Å². The first-order chi connectivity index (χ1) is 11.3. The summed E-state index contributed by atoms with van der Waals surface area (Å²) in [4.78, 5) is 13.3. The summed E-state index contributed by atoms with van der Waals surface area (Å²) < 4.78 is 2.04. The van der Waals surface area contributed by atoms with Gasteiger partial charge in [-0.05, 0) is 42.0 Å². The maximum atomic E-state index is 9.69. The van der Waals surface area contributed by atoms with Crippen LogP contribution in [0.3, 0.4) is 0 Å². The molecule has 0 saturated carbocycles. The van der Waals surface area contributed by atoms with E-state index >= 15 is 0 Å². The molecule has 0 aliphatic heterocycles. The maximum Gasteiger partial charge on any atom is 0.160 e. The lowest BCUT2D eigenvalue weighted by molar-refractivity contribution is 0.474. The fourth-order valence-corrected chi connectivity index (χ4v) is 2.66. The maximum absolute atomic E-state index is 9.69. The van der Waals surface area contributed by atoms with E-state index < -0.39 is 0 Å². The third-order valence-corrected chi connectivity index (χ3v) is 3.67. The Morgan fingerprint density at radius 3 is 2.74 bits per heavy atom. The minimum absolute atomic E-state index is 0.253. The molecule has 0 unspecified atom stereocenters. The highest BCUT2D eigenvalue weighted by Gasteiger charge is 2.14. The summed E-state index contributed by atoms with van der Waals surface area (Å²) in [7, 11) is 0. The van der Waals surface area contributed by atoms with E-state index in [9.17, 15) is 5.11 Å². The van der Waals surface area contributed by atoms with Crippen molar-refractivity contribution in [2.75, 3.05) is 0 Å². The molecule has 0 atom stereocenters. The first kappa shape index (κ1) is 13.5. The van der Waals surface area contributed by atoms with Crippen LogP contribution in [0.2, 0.25) is 0 Å². The molecule has 5 nitrogen and oxygen atoms in total. The van der Waals surface area contributed by atoms with Crippen molar-refractivity contribution in [3.05, 3.63) is 72.7 Å². The SMILES string of the molecule is Oc1cccc(Cn2c(-c3cccnc3)nc3cccnc32)c1. The van der Waals surface area contributed by atoms with Crippen LogP contribution in [0.5, 0.6) is 5.75 Å². The third-order valence-electron chi connectivity index (χ3n) is 3.67. The number of nitrogens with zero attached hydrogens (tertiary/aromatic N) is 4. The zero-order valence-electron chi connectivity index (χ0n) is 12.3.